The minimum atomic E-state index is -0.694. The van der Waals surface area contributed by atoms with Crippen LogP contribution in [0.4, 0.5) is 0 Å². The third kappa shape index (κ3) is 2.88. The summed E-state index contributed by atoms with van der Waals surface area (Å²) >= 11 is 0. The smallest absolute Gasteiger partial charge is 0.161 e. The highest BCUT2D eigenvalue weighted by Gasteiger charge is 2.22. The number of nitriles is 1. The Kier molecular flexibility index (Phi) is 4.15. The Morgan fingerprint density at radius 1 is 1.38 bits per heavy atom. The van der Waals surface area contributed by atoms with Crippen LogP contribution in [0.15, 0.2) is 24.3 Å². The number of rotatable bonds is 5. The van der Waals surface area contributed by atoms with Crippen molar-refractivity contribution in [3.8, 4) is 17.6 Å². The molecule has 1 N–H and O–H groups in total. The van der Waals surface area contributed by atoms with E-state index in [1.165, 1.54) is 0 Å². The van der Waals surface area contributed by atoms with Crippen LogP contribution in [-0.4, -0.2) is 26.3 Å². The van der Waals surface area contributed by atoms with Gasteiger partial charge in [-0.3, -0.25) is 5.32 Å². The van der Waals surface area contributed by atoms with Crippen molar-refractivity contribution in [2.45, 2.75) is 12.5 Å². The number of methoxy groups -OCH3 is 1. The molecule has 0 aliphatic rings. The number of ether oxygens (including phenoxy) is 2. The summed E-state index contributed by atoms with van der Waals surface area (Å²) in [7, 11) is 3.32. The summed E-state index contributed by atoms with van der Waals surface area (Å²) < 4.78 is 10.7. The number of benzene rings is 1. The molecule has 0 spiro atoms. The normalized spacial score (nSPS) is 13.6. The first-order chi connectivity index (χ1) is 7.65. The summed E-state index contributed by atoms with van der Waals surface area (Å²) in [6, 6.07) is 9.52. The fraction of sp³-hybridized carbons (Fsp3) is 0.417. The fourth-order valence-electron chi connectivity index (χ4n) is 1.12. The van der Waals surface area contributed by atoms with E-state index in [4.69, 9.17) is 14.7 Å². The van der Waals surface area contributed by atoms with Gasteiger partial charge in [0.1, 0.15) is 12.1 Å². The molecule has 0 radical (unpaired) electrons. The largest absolute Gasteiger partial charge is 0.493 e. The molecule has 1 unspecified atom stereocenters. The second kappa shape index (κ2) is 5.38. The Labute approximate surface area is 95.8 Å². The zero-order valence-corrected chi connectivity index (χ0v) is 9.78. The van der Waals surface area contributed by atoms with Gasteiger partial charge in [-0.1, -0.05) is 12.1 Å². The zero-order chi connectivity index (χ0) is 12.0. The number of likely N-dealkylation sites (N-methyl/N-ethyl adjacent to an activating group) is 1. The molecule has 0 amide bonds. The summed E-state index contributed by atoms with van der Waals surface area (Å²) in [5.41, 5.74) is -0.694. The molecule has 0 fully saturated rings. The lowest BCUT2D eigenvalue weighted by molar-refractivity contribution is 0.232. The summed E-state index contributed by atoms with van der Waals surface area (Å²) in [5.74, 6) is 1.31. The van der Waals surface area contributed by atoms with E-state index < -0.39 is 5.54 Å². The number of hydrogen-bond acceptors (Lipinski definition) is 4. The molecule has 0 aliphatic carbocycles. The van der Waals surface area contributed by atoms with Crippen molar-refractivity contribution in [2.24, 2.45) is 0 Å². The Bertz CT molecular complexity index is 387. The summed E-state index contributed by atoms with van der Waals surface area (Å²) in [4.78, 5) is 0. The van der Waals surface area contributed by atoms with Crippen molar-refractivity contribution >= 4 is 0 Å². The number of nitrogens with zero attached hydrogens (tertiary/aromatic N) is 1. The van der Waals surface area contributed by atoms with Gasteiger partial charge in [-0.15, -0.1) is 0 Å². The van der Waals surface area contributed by atoms with Crippen LogP contribution in [0.5, 0.6) is 11.5 Å². The van der Waals surface area contributed by atoms with Crippen LogP contribution in [-0.2, 0) is 0 Å². The van der Waals surface area contributed by atoms with Crippen LogP contribution < -0.4 is 14.8 Å². The Hall–Kier alpha value is -1.73. The minimum Gasteiger partial charge on any atom is -0.493 e. The molecule has 1 aromatic rings. The minimum absolute atomic E-state index is 0.264. The maximum absolute atomic E-state index is 8.97. The van der Waals surface area contributed by atoms with Crippen molar-refractivity contribution in [3.63, 3.8) is 0 Å². The molecule has 16 heavy (non-hydrogen) atoms. The monoisotopic (exact) mass is 220 g/mol. The van der Waals surface area contributed by atoms with Crippen molar-refractivity contribution < 1.29 is 9.47 Å². The van der Waals surface area contributed by atoms with Gasteiger partial charge < -0.3 is 9.47 Å². The van der Waals surface area contributed by atoms with Gasteiger partial charge in [-0.25, -0.2) is 0 Å². The third-order valence-corrected chi connectivity index (χ3v) is 2.38. The molecule has 0 bridgehead atoms. The number of nitrogens with one attached hydrogen (secondary N) is 1. The molecular formula is C12H16N2O2. The maximum Gasteiger partial charge on any atom is 0.161 e. The molecule has 4 nitrogen and oxygen atoms in total. The van der Waals surface area contributed by atoms with Crippen LogP contribution in [0.2, 0.25) is 0 Å². The molecule has 1 rings (SSSR count). The van der Waals surface area contributed by atoms with E-state index in [2.05, 4.69) is 11.4 Å². The Morgan fingerprint density at radius 2 is 2.00 bits per heavy atom. The van der Waals surface area contributed by atoms with E-state index in [1.54, 1.807) is 21.1 Å². The highest BCUT2D eigenvalue weighted by atomic mass is 16.5. The van der Waals surface area contributed by atoms with Gasteiger partial charge in [-0.2, -0.15) is 5.26 Å². The van der Waals surface area contributed by atoms with Gasteiger partial charge in [0.05, 0.1) is 13.2 Å². The summed E-state index contributed by atoms with van der Waals surface area (Å²) in [5, 5.41) is 11.9. The molecule has 4 heteroatoms. The highest BCUT2D eigenvalue weighted by molar-refractivity contribution is 5.39. The van der Waals surface area contributed by atoms with E-state index in [0.717, 1.165) is 0 Å². The second-order valence-corrected chi connectivity index (χ2v) is 3.63. The van der Waals surface area contributed by atoms with Gasteiger partial charge in [0.15, 0.2) is 11.5 Å². The van der Waals surface area contributed by atoms with Gasteiger partial charge in [0.25, 0.3) is 0 Å². The first-order valence-corrected chi connectivity index (χ1v) is 5.01. The lowest BCUT2D eigenvalue weighted by atomic mass is 10.1. The molecule has 0 heterocycles. The highest BCUT2D eigenvalue weighted by Crippen LogP contribution is 2.26. The Morgan fingerprint density at radius 3 is 2.50 bits per heavy atom. The molecule has 0 saturated heterocycles. The standard InChI is InChI=1S/C12H16N2O2/c1-12(8-13,14-2)9-16-11-7-5-4-6-10(11)15-3/h4-7,14H,9H2,1-3H3. The van der Waals surface area contributed by atoms with Crippen LogP contribution in [0.1, 0.15) is 6.92 Å². The molecule has 1 aromatic carbocycles. The quantitative estimate of drug-likeness (QED) is 0.818. The molecular weight excluding hydrogens is 204 g/mol. The van der Waals surface area contributed by atoms with Crippen molar-refractivity contribution in [1.82, 2.24) is 5.32 Å². The lowest BCUT2D eigenvalue weighted by Gasteiger charge is -2.21. The Balaban J connectivity index is 2.71. The SMILES string of the molecule is CNC(C)(C#N)COc1ccccc1OC. The topological polar surface area (TPSA) is 54.3 Å². The van der Waals surface area contributed by atoms with Crippen LogP contribution in [0, 0.1) is 11.3 Å². The summed E-state index contributed by atoms with van der Waals surface area (Å²) in [6.45, 7) is 2.04. The van der Waals surface area contributed by atoms with Crippen molar-refractivity contribution in [2.75, 3.05) is 20.8 Å². The summed E-state index contributed by atoms with van der Waals surface area (Å²) in [6.07, 6.45) is 0. The molecule has 86 valence electrons. The zero-order valence-electron chi connectivity index (χ0n) is 9.78. The molecule has 0 saturated carbocycles. The number of hydrogen-bond donors (Lipinski definition) is 1. The molecule has 0 aromatic heterocycles. The van der Waals surface area contributed by atoms with E-state index in [9.17, 15) is 0 Å². The van der Waals surface area contributed by atoms with Gasteiger partial charge in [0.2, 0.25) is 0 Å². The molecule has 1 atom stereocenters. The number of para-hydroxylation sites is 2. The van der Waals surface area contributed by atoms with Gasteiger partial charge >= 0.3 is 0 Å². The van der Waals surface area contributed by atoms with Crippen LogP contribution in [0.3, 0.4) is 0 Å². The first kappa shape index (κ1) is 12.3. The lowest BCUT2D eigenvalue weighted by Crippen LogP contribution is -2.43. The molecule has 0 aliphatic heterocycles. The maximum atomic E-state index is 8.97. The van der Waals surface area contributed by atoms with Crippen molar-refractivity contribution in [1.29, 1.82) is 5.26 Å². The third-order valence-electron chi connectivity index (χ3n) is 2.38. The average Bonchev–Trinajstić information content (AvgIpc) is 2.36. The predicted octanol–water partition coefficient (Wildman–Crippen LogP) is 1.58. The predicted molar refractivity (Wildman–Crippen MR) is 61.6 cm³/mol. The first-order valence-electron chi connectivity index (χ1n) is 5.01. The van der Waals surface area contributed by atoms with Gasteiger partial charge in [-0.05, 0) is 26.1 Å². The second-order valence-electron chi connectivity index (χ2n) is 3.63. The van der Waals surface area contributed by atoms with E-state index >= 15 is 0 Å². The van der Waals surface area contributed by atoms with E-state index in [1.807, 2.05) is 24.3 Å². The average molecular weight is 220 g/mol. The fourth-order valence-corrected chi connectivity index (χ4v) is 1.12. The van der Waals surface area contributed by atoms with E-state index in [0.29, 0.717) is 11.5 Å². The van der Waals surface area contributed by atoms with Crippen LogP contribution >= 0.6 is 0 Å². The van der Waals surface area contributed by atoms with Crippen molar-refractivity contribution in [3.05, 3.63) is 24.3 Å². The van der Waals surface area contributed by atoms with E-state index in [-0.39, 0.29) is 6.61 Å². The van der Waals surface area contributed by atoms with Gasteiger partial charge in [0, 0.05) is 0 Å². The van der Waals surface area contributed by atoms with Crippen LogP contribution in [0.25, 0.3) is 0 Å².